The van der Waals surface area contributed by atoms with Gasteiger partial charge < -0.3 is 0 Å². The molecule has 1 aromatic carbocycles. The van der Waals surface area contributed by atoms with Gasteiger partial charge in [0.25, 0.3) is 5.56 Å². The molecule has 0 aliphatic heterocycles. The molecule has 0 bridgehead atoms. The zero-order valence-corrected chi connectivity index (χ0v) is 12.6. The molecule has 0 amide bonds. The molecule has 1 atom stereocenters. The lowest BCUT2D eigenvalue weighted by Crippen LogP contribution is -2.22. The summed E-state index contributed by atoms with van der Waals surface area (Å²) in [5, 5.41) is 9.77. The molecule has 2 aromatic heterocycles. The molecule has 0 saturated carbocycles. The Balaban J connectivity index is 2.32. The van der Waals surface area contributed by atoms with Crippen molar-refractivity contribution in [1.29, 1.82) is 5.26 Å². The molecule has 0 saturated heterocycles. The van der Waals surface area contributed by atoms with Crippen molar-refractivity contribution in [2.45, 2.75) is 17.3 Å². The highest BCUT2D eigenvalue weighted by Crippen LogP contribution is 2.24. The van der Waals surface area contributed by atoms with Gasteiger partial charge >= 0.3 is 0 Å². The Kier molecular flexibility index (Phi) is 3.90. The van der Waals surface area contributed by atoms with Crippen LogP contribution in [0.4, 0.5) is 0 Å². The van der Waals surface area contributed by atoms with Gasteiger partial charge in [-0.15, -0.1) is 0 Å². The highest BCUT2D eigenvalue weighted by Gasteiger charge is 2.15. The lowest BCUT2D eigenvalue weighted by Gasteiger charge is -2.13. The van der Waals surface area contributed by atoms with Crippen LogP contribution in [0.5, 0.6) is 0 Å². The summed E-state index contributed by atoms with van der Waals surface area (Å²) in [4.78, 5) is 21.4. The standard InChI is InChI=1S/C16H12N4OS/c1-11(9-17)22-16-19-14-7-3-2-6-13(14)15(21)20(16)12-5-4-8-18-10-12/h2-8,10-11H,1H3/t11-/m0/s1. The quantitative estimate of drug-likeness (QED) is 0.549. The van der Waals surface area contributed by atoms with Gasteiger partial charge in [-0.2, -0.15) is 5.26 Å². The lowest BCUT2D eigenvalue weighted by molar-refractivity contribution is 0.814. The van der Waals surface area contributed by atoms with Crippen molar-refractivity contribution in [1.82, 2.24) is 14.5 Å². The van der Waals surface area contributed by atoms with E-state index in [-0.39, 0.29) is 10.8 Å². The molecule has 0 aliphatic rings. The third-order valence-corrected chi connectivity index (χ3v) is 4.06. The minimum Gasteiger partial charge on any atom is -0.268 e. The van der Waals surface area contributed by atoms with Crippen molar-refractivity contribution in [3.63, 3.8) is 0 Å². The van der Waals surface area contributed by atoms with Crippen molar-refractivity contribution in [3.05, 3.63) is 59.1 Å². The van der Waals surface area contributed by atoms with E-state index in [9.17, 15) is 4.79 Å². The van der Waals surface area contributed by atoms with Crippen molar-refractivity contribution >= 4 is 22.7 Å². The van der Waals surface area contributed by atoms with Crippen LogP contribution in [-0.4, -0.2) is 19.8 Å². The van der Waals surface area contributed by atoms with Crippen molar-refractivity contribution in [2.24, 2.45) is 0 Å². The average molecular weight is 308 g/mol. The SMILES string of the molecule is C[C@@H](C#N)Sc1nc2ccccc2c(=O)n1-c1cccnc1. The van der Waals surface area contributed by atoms with Crippen LogP contribution in [0.2, 0.25) is 0 Å². The van der Waals surface area contributed by atoms with Crippen molar-refractivity contribution < 1.29 is 0 Å². The first-order chi connectivity index (χ1) is 10.7. The number of nitriles is 1. The first kappa shape index (κ1) is 14.3. The average Bonchev–Trinajstić information content (AvgIpc) is 2.56. The molecule has 0 aliphatic carbocycles. The number of hydrogen-bond donors (Lipinski definition) is 0. The number of nitrogens with zero attached hydrogens (tertiary/aromatic N) is 4. The van der Waals surface area contributed by atoms with Gasteiger partial charge in [0.2, 0.25) is 0 Å². The van der Waals surface area contributed by atoms with Gasteiger partial charge in [-0.05, 0) is 31.2 Å². The molecule has 0 fully saturated rings. The second-order valence-electron chi connectivity index (χ2n) is 4.65. The highest BCUT2D eigenvalue weighted by molar-refractivity contribution is 8.00. The van der Waals surface area contributed by atoms with Crippen LogP contribution in [0.1, 0.15) is 6.92 Å². The summed E-state index contributed by atoms with van der Waals surface area (Å²) in [6, 6.07) is 12.9. The second-order valence-corrected chi connectivity index (χ2v) is 5.96. The highest BCUT2D eigenvalue weighted by atomic mass is 32.2. The fourth-order valence-electron chi connectivity index (χ4n) is 2.09. The number of rotatable bonds is 3. The van der Waals surface area contributed by atoms with E-state index in [4.69, 9.17) is 5.26 Å². The number of thioether (sulfide) groups is 1. The minimum atomic E-state index is -0.309. The summed E-state index contributed by atoms with van der Waals surface area (Å²) < 4.78 is 1.51. The maximum Gasteiger partial charge on any atom is 0.266 e. The fraction of sp³-hybridized carbons (Fsp3) is 0.125. The minimum absolute atomic E-state index is 0.161. The summed E-state index contributed by atoms with van der Waals surface area (Å²) in [7, 11) is 0. The summed E-state index contributed by atoms with van der Waals surface area (Å²) >= 11 is 1.26. The van der Waals surface area contributed by atoms with E-state index in [1.165, 1.54) is 16.3 Å². The van der Waals surface area contributed by atoms with Gasteiger partial charge in [0.05, 0.1) is 34.1 Å². The van der Waals surface area contributed by atoms with E-state index in [0.717, 1.165) is 0 Å². The number of para-hydroxylation sites is 1. The second kappa shape index (κ2) is 6.00. The number of benzene rings is 1. The van der Waals surface area contributed by atoms with Gasteiger partial charge in [-0.25, -0.2) is 4.98 Å². The van der Waals surface area contributed by atoms with E-state index in [1.54, 1.807) is 43.6 Å². The maximum atomic E-state index is 12.8. The molecular weight excluding hydrogens is 296 g/mol. The number of aromatic nitrogens is 3. The molecule has 3 aromatic rings. The third-order valence-electron chi connectivity index (χ3n) is 3.11. The van der Waals surface area contributed by atoms with Gasteiger partial charge in [-0.3, -0.25) is 14.3 Å². The predicted octanol–water partition coefficient (Wildman–Crippen LogP) is 2.78. The van der Waals surface area contributed by atoms with Crippen LogP contribution in [0.15, 0.2) is 58.7 Å². The molecule has 0 unspecified atom stereocenters. The van der Waals surface area contributed by atoms with Gasteiger partial charge in [-0.1, -0.05) is 23.9 Å². The van der Waals surface area contributed by atoms with Crippen LogP contribution in [0.3, 0.4) is 0 Å². The maximum absolute atomic E-state index is 12.8. The molecule has 2 heterocycles. The van der Waals surface area contributed by atoms with Crippen LogP contribution < -0.4 is 5.56 Å². The van der Waals surface area contributed by atoms with E-state index < -0.39 is 0 Å². The summed E-state index contributed by atoms with van der Waals surface area (Å²) in [6.45, 7) is 1.78. The van der Waals surface area contributed by atoms with Crippen LogP contribution >= 0.6 is 11.8 Å². The Bertz CT molecular complexity index is 915. The van der Waals surface area contributed by atoms with E-state index >= 15 is 0 Å². The zero-order valence-electron chi connectivity index (χ0n) is 11.8. The van der Waals surface area contributed by atoms with Crippen molar-refractivity contribution in [3.8, 4) is 11.8 Å². The monoisotopic (exact) mass is 308 g/mol. The molecule has 22 heavy (non-hydrogen) atoms. The van der Waals surface area contributed by atoms with E-state index in [1.807, 2.05) is 12.1 Å². The molecule has 5 nitrogen and oxygen atoms in total. The first-order valence-corrected chi connectivity index (χ1v) is 7.57. The molecular formula is C16H12N4OS. The predicted molar refractivity (Wildman–Crippen MR) is 86.1 cm³/mol. The molecule has 0 radical (unpaired) electrons. The van der Waals surface area contributed by atoms with Crippen molar-refractivity contribution in [2.75, 3.05) is 0 Å². The molecule has 6 heteroatoms. The molecule has 108 valence electrons. The van der Waals surface area contributed by atoms with Crippen LogP contribution in [0, 0.1) is 11.3 Å². The Morgan fingerprint density at radius 1 is 1.27 bits per heavy atom. The van der Waals surface area contributed by atoms with Gasteiger partial charge in [0, 0.05) is 6.20 Å². The van der Waals surface area contributed by atoms with E-state index in [0.29, 0.717) is 21.7 Å². The van der Waals surface area contributed by atoms with Crippen LogP contribution in [0.25, 0.3) is 16.6 Å². The largest absolute Gasteiger partial charge is 0.268 e. The Morgan fingerprint density at radius 3 is 2.82 bits per heavy atom. The Hall–Kier alpha value is -2.65. The zero-order chi connectivity index (χ0) is 15.5. The normalized spacial score (nSPS) is 12.0. The Morgan fingerprint density at radius 2 is 2.09 bits per heavy atom. The molecule has 3 rings (SSSR count). The topological polar surface area (TPSA) is 71.6 Å². The fourth-order valence-corrected chi connectivity index (χ4v) is 2.90. The Labute approximate surface area is 131 Å². The first-order valence-electron chi connectivity index (χ1n) is 6.69. The number of fused-ring (bicyclic) bond motifs is 1. The third kappa shape index (κ3) is 2.59. The lowest BCUT2D eigenvalue weighted by atomic mass is 10.2. The van der Waals surface area contributed by atoms with E-state index in [2.05, 4.69) is 16.0 Å². The molecule has 0 spiro atoms. The van der Waals surface area contributed by atoms with Crippen LogP contribution in [-0.2, 0) is 0 Å². The summed E-state index contributed by atoms with van der Waals surface area (Å²) in [5.41, 5.74) is 1.10. The molecule has 0 N–H and O–H groups in total. The van der Waals surface area contributed by atoms with Gasteiger partial charge in [0.15, 0.2) is 5.16 Å². The number of pyridine rings is 1. The smallest absolute Gasteiger partial charge is 0.266 e. The number of hydrogen-bond acceptors (Lipinski definition) is 5. The summed E-state index contributed by atoms with van der Waals surface area (Å²) in [6.07, 6.45) is 3.26. The van der Waals surface area contributed by atoms with Gasteiger partial charge in [0.1, 0.15) is 0 Å². The summed E-state index contributed by atoms with van der Waals surface area (Å²) in [5.74, 6) is 0.